The Bertz CT molecular complexity index is 1230. The molecule has 0 aliphatic heterocycles. The van der Waals surface area contributed by atoms with Gasteiger partial charge in [0.15, 0.2) is 0 Å². The van der Waals surface area contributed by atoms with Crippen LogP contribution in [-0.2, 0) is 16.1 Å². The minimum absolute atomic E-state index is 0.0536. The van der Waals surface area contributed by atoms with E-state index in [1.807, 2.05) is 54.6 Å². The number of benzene rings is 2. The van der Waals surface area contributed by atoms with Gasteiger partial charge in [0.05, 0.1) is 6.61 Å². The molecule has 0 aliphatic carbocycles. The molecule has 0 aliphatic rings. The van der Waals surface area contributed by atoms with E-state index in [2.05, 4.69) is 15.3 Å². The van der Waals surface area contributed by atoms with E-state index >= 15 is 0 Å². The van der Waals surface area contributed by atoms with Crippen molar-refractivity contribution in [2.24, 2.45) is 0 Å². The van der Waals surface area contributed by atoms with Crippen LogP contribution in [0.5, 0.6) is 6.01 Å². The fourth-order valence-corrected chi connectivity index (χ4v) is 5.19. The van der Waals surface area contributed by atoms with E-state index in [-0.39, 0.29) is 31.6 Å². The van der Waals surface area contributed by atoms with Gasteiger partial charge >= 0.3 is 160 Å². The van der Waals surface area contributed by atoms with Crippen molar-refractivity contribution < 1.29 is 19.0 Å². The van der Waals surface area contributed by atoms with Gasteiger partial charge in [-0.15, -0.1) is 0 Å². The molecule has 0 unspecified atom stereocenters. The molecule has 0 saturated carbocycles. The average molecular weight is 531 g/mol. The van der Waals surface area contributed by atoms with Crippen molar-refractivity contribution in [3.8, 4) is 6.01 Å². The van der Waals surface area contributed by atoms with Crippen LogP contribution in [0.25, 0.3) is 9.65 Å². The van der Waals surface area contributed by atoms with Gasteiger partial charge in [-0.25, -0.2) is 0 Å². The Morgan fingerprint density at radius 3 is 2.73 bits per heavy atom. The summed E-state index contributed by atoms with van der Waals surface area (Å²) in [5.74, 6) is 0.258. The summed E-state index contributed by atoms with van der Waals surface area (Å²) in [7, 11) is 0. The van der Waals surface area contributed by atoms with Gasteiger partial charge in [-0.05, 0) is 5.56 Å². The fourth-order valence-electron chi connectivity index (χ4n) is 3.05. The standard InChI is InChI=1S/C24H22ClN3O4Se/c1-2-31-23(29)20-13-17-12-18(8-9-19(17)33-20)26-22-14-21(25)27-24(28-22)32-11-10-30-15-16-6-4-3-5-7-16/h3-9,12-14H,2,10-11,15H2,1H3,(H,26,27,28). The second kappa shape index (κ2) is 11.3. The van der Waals surface area contributed by atoms with Crippen molar-refractivity contribution in [2.75, 3.05) is 25.1 Å². The van der Waals surface area contributed by atoms with E-state index in [1.165, 1.54) is 0 Å². The maximum atomic E-state index is 12.0. The number of hydrogen-bond donors (Lipinski definition) is 1. The van der Waals surface area contributed by atoms with Crippen LogP contribution in [0.3, 0.4) is 0 Å². The molecule has 170 valence electrons. The first-order chi connectivity index (χ1) is 16.1. The van der Waals surface area contributed by atoms with Gasteiger partial charge in [0, 0.05) is 0 Å². The number of halogens is 1. The molecule has 7 nitrogen and oxygen atoms in total. The van der Waals surface area contributed by atoms with E-state index in [9.17, 15) is 4.79 Å². The van der Waals surface area contributed by atoms with Crippen molar-refractivity contribution >= 4 is 53.2 Å². The van der Waals surface area contributed by atoms with E-state index in [0.717, 1.165) is 20.9 Å². The molecule has 1 N–H and O–H groups in total. The van der Waals surface area contributed by atoms with Gasteiger partial charge in [0.2, 0.25) is 0 Å². The van der Waals surface area contributed by atoms with Gasteiger partial charge in [-0.2, -0.15) is 0 Å². The van der Waals surface area contributed by atoms with Crippen LogP contribution in [0.4, 0.5) is 11.5 Å². The van der Waals surface area contributed by atoms with Crippen molar-refractivity contribution in [1.29, 1.82) is 0 Å². The van der Waals surface area contributed by atoms with Crippen LogP contribution < -0.4 is 10.1 Å². The number of carbonyl (C=O) groups is 1. The Hall–Kier alpha value is -2.90. The van der Waals surface area contributed by atoms with Crippen molar-refractivity contribution in [3.05, 3.63) is 75.8 Å². The summed E-state index contributed by atoms with van der Waals surface area (Å²) < 4.78 is 18.2. The summed E-state index contributed by atoms with van der Waals surface area (Å²) in [6, 6.07) is 19.5. The predicted octanol–water partition coefficient (Wildman–Crippen LogP) is 4.86. The summed E-state index contributed by atoms with van der Waals surface area (Å²) in [6.45, 7) is 3.38. The zero-order chi connectivity index (χ0) is 23.0. The van der Waals surface area contributed by atoms with Gasteiger partial charge < -0.3 is 0 Å². The zero-order valence-electron chi connectivity index (χ0n) is 17.9. The first-order valence-corrected chi connectivity index (χ1v) is 12.5. The summed E-state index contributed by atoms with van der Waals surface area (Å²) in [4.78, 5) is 20.5. The third-order valence-corrected chi connectivity index (χ3v) is 7.00. The molecule has 0 bridgehead atoms. The number of anilines is 2. The molecule has 33 heavy (non-hydrogen) atoms. The molecule has 2 heterocycles. The molecule has 2 aromatic heterocycles. The van der Waals surface area contributed by atoms with Crippen LogP contribution in [-0.4, -0.2) is 50.3 Å². The van der Waals surface area contributed by atoms with Crippen LogP contribution in [0, 0.1) is 0 Å². The normalized spacial score (nSPS) is 10.8. The first-order valence-electron chi connectivity index (χ1n) is 10.4. The molecule has 0 spiro atoms. The molecule has 0 atom stereocenters. The van der Waals surface area contributed by atoms with E-state index in [4.69, 9.17) is 25.8 Å². The quantitative estimate of drug-likeness (QED) is 0.136. The van der Waals surface area contributed by atoms with Crippen LogP contribution in [0.2, 0.25) is 5.15 Å². The first kappa shape index (κ1) is 23.3. The fraction of sp³-hybridized carbons (Fsp3) is 0.208. The maximum absolute atomic E-state index is 12.0. The zero-order valence-corrected chi connectivity index (χ0v) is 20.4. The van der Waals surface area contributed by atoms with Crippen LogP contribution >= 0.6 is 11.6 Å². The summed E-state index contributed by atoms with van der Waals surface area (Å²) in [5, 5.41) is 4.48. The Morgan fingerprint density at radius 2 is 1.91 bits per heavy atom. The molecular formula is C24H22ClN3O4Se. The summed E-state index contributed by atoms with van der Waals surface area (Å²) >= 11 is 6.10. The number of nitrogens with zero attached hydrogens (tertiary/aromatic N) is 2. The Labute approximate surface area is 202 Å². The number of hydrogen-bond acceptors (Lipinski definition) is 7. The Balaban J connectivity index is 1.36. The van der Waals surface area contributed by atoms with Gasteiger partial charge in [-0.3, -0.25) is 0 Å². The second-order valence-electron chi connectivity index (χ2n) is 6.95. The third kappa shape index (κ3) is 6.55. The molecule has 2 aromatic carbocycles. The number of rotatable bonds is 10. The molecule has 4 aromatic rings. The van der Waals surface area contributed by atoms with Gasteiger partial charge in [-0.1, -0.05) is 30.3 Å². The SMILES string of the molecule is CCOC(=O)c1cc2cc(Nc3cc(Cl)nc(OCCOCc4ccccc4)n3)ccc2[se]1. The average Bonchev–Trinajstić information content (AvgIpc) is 3.23. The van der Waals surface area contributed by atoms with Crippen molar-refractivity contribution in [2.45, 2.75) is 13.5 Å². The predicted molar refractivity (Wildman–Crippen MR) is 129 cm³/mol. The number of nitrogens with one attached hydrogen (secondary N) is 1. The van der Waals surface area contributed by atoms with Gasteiger partial charge in [0.1, 0.15) is 0 Å². The molecule has 0 amide bonds. The number of esters is 1. The van der Waals surface area contributed by atoms with E-state index < -0.39 is 0 Å². The summed E-state index contributed by atoms with van der Waals surface area (Å²) in [6.07, 6.45) is 0. The van der Waals surface area contributed by atoms with Crippen molar-refractivity contribution in [1.82, 2.24) is 9.97 Å². The molecule has 4 rings (SSSR count). The molecule has 0 saturated heterocycles. The monoisotopic (exact) mass is 531 g/mol. The molecule has 0 radical (unpaired) electrons. The summed E-state index contributed by atoms with van der Waals surface area (Å²) in [5.41, 5.74) is 1.92. The minimum atomic E-state index is -0.250. The number of fused-ring (bicyclic) bond motifs is 1. The number of aromatic nitrogens is 2. The van der Waals surface area contributed by atoms with Crippen LogP contribution in [0.15, 0.2) is 60.7 Å². The van der Waals surface area contributed by atoms with E-state index in [1.54, 1.807) is 13.0 Å². The second-order valence-corrected chi connectivity index (χ2v) is 9.61. The molecule has 9 heteroatoms. The van der Waals surface area contributed by atoms with Crippen LogP contribution in [0.1, 0.15) is 21.7 Å². The van der Waals surface area contributed by atoms with Gasteiger partial charge in [0.25, 0.3) is 0 Å². The molecule has 0 fully saturated rings. The topological polar surface area (TPSA) is 82.6 Å². The number of ether oxygens (including phenoxy) is 3. The van der Waals surface area contributed by atoms with E-state index in [0.29, 0.717) is 36.7 Å². The Morgan fingerprint density at radius 1 is 1.06 bits per heavy atom. The Kier molecular flexibility index (Phi) is 7.96. The molecular weight excluding hydrogens is 509 g/mol. The van der Waals surface area contributed by atoms with Crippen molar-refractivity contribution in [3.63, 3.8) is 0 Å². The number of carbonyl (C=O) groups excluding carboxylic acids is 1. The third-order valence-electron chi connectivity index (χ3n) is 4.51.